The Morgan fingerprint density at radius 1 is 1.28 bits per heavy atom. The number of rotatable bonds is 7. The summed E-state index contributed by atoms with van der Waals surface area (Å²) in [5, 5.41) is 0. The van der Waals surface area contributed by atoms with Crippen LogP contribution >= 0.6 is 10.7 Å². The van der Waals surface area contributed by atoms with Crippen LogP contribution in [0.2, 0.25) is 0 Å². The van der Waals surface area contributed by atoms with Crippen molar-refractivity contribution in [1.29, 1.82) is 0 Å². The van der Waals surface area contributed by atoms with Crippen molar-refractivity contribution in [1.82, 2.24) is 0 Å². The Morgan fingerprint density at radius 3 is 2.50 bits per heavy atom. The van der Waals surface area contributed by atoms with Crippen LogP contribution in [0.3, 0.4) is 0 Å². The van der Waals surface area contributed by atoms with Crippen molar-refractivity contribution in [2.45, 2.75) is 58.5 Å². The van der Waals surface area contributed by atoms with Crippen LogP contribution in [-0.2, 0) is 13.8 Å². The van der Waals surface area contributed by atoms with Gasteiger partial charge < -0.3 is 4.74 Å². The Bertz CT molecular complexity index is 329. The van der Waals surface area contributed by atoms with Crippen LogP contribution in [0.4, 0.5) is 0 Å². The molecular formula is C13H25ClO3S. The zero-order valence-corrected chi connectivity index (χ0v) is 13.0. The Balaban J connectivity index is 2.41. The minimum atomic E-state index is -3.42. The van der Waals surface area contributed by atoms with E-state index in [1.165, 1.54) is 19.3 Å². The lowest BCUT2D eigenvalue weighted by Crippen LogP contribution is -2.30. The molecule has 0 aromatic heterocycles. The molecular weight excluding hydrogens is 272 g/mol. The monoisotopic (exact) mass is 296 g/mol. The first-order valence-corrected chi connectivity index (χ1v) is 9.48. The van der Waals surface area contributed by atoms with E-state index in [2.05, 4.69) is 6.92 Å². The second-order valence-electron chi connectivity index (χ2n) is 5.30. The highest BCUT2D eigenvalue weighted by Gasteiger charge is 2.25. The summed E-state index contributed by atoms with van der Waals surface area (Å²) in [5.74, 6) is 0.685. The molecule has 1 aliphatic carbocycles. The van der Waals surface area contributed by atoms with Crippen molar-refractivity contribution in [2.75, 3.05) is 12.4 Å². The lowest BCUT2D eigenvalue weighted by atomic mass is 9.84. The number of ether oxygens (including phenoxy) is 1. The van der Waals surface area contributed by atoms with Crippen LogP contribution in [0.25, 0.3) is 0 Å². The number of hydrogen-bond acceptors (Lipinski definition) is 3. The summed E-state index contributed by atoms with van der Waals surface area (Å²) in [6.07, 6.45) is 7.13. The molecule has 3 atom stereocenters. The highest BCUT2D eigenvalue weighted by Crippen LogP contribution is 2.29. The second-order valence-corrected chi connectivity index (χ2v) is 8.13. The summed E-state index contributed by atoms with van der Waals surface area (Å²) in [4.78, 5) is 0. The lowest BCUT2D eigenvalue weighted by Gasteiger charge is -2.31. The first-order chi connectivity index (χ1) is 8.46. The summed E-state index contributed by atoms with van der Waals surface area (Å²) in [6, 6.07) is 0. The third kappa shape index (κ3) is 5.89. The normalized spacial score (nSPS) is 27.1. The zero-order chi connectivity index (χ0) is 13.6. The molecule has 1 aliphatic rings. The van der Waals surface area contributed by atoms with Gasteiger partial charge in [-0.25, -0.2) is 8.42 Å². The van der Waals surface area contributed by atoms with Gasteiger partial charge in [0, 0.05) is 10.7 Å². The fraction of sp³-hybridized carbons (Fsp3) is 1.00. The van der Waals surface area contributed by atoms with E-state index in [1.807, 2.05) is 6.92 Å². The van der Waals surface area contributed by atoms with E-state index in [4.69, 9.17) is 15.4 Å². The van der Waals surface area contributed by atoms with Crippen molar-refractivity contribution in [2.24, 2.45) is 11.8 Å². The molecule has 0 bridgehead atoms. The maximum Gasteiger partial charge on any atom is 0.232 e. The molecule has 1 saturated carbocycles. The second kappa shape index (κ2) is 7.71. The van der Waals surface area contributed by atoms with Crippen molar-refractivity contribution in [3.63, 3.8) is 0 Å². The van der Waals surface area contributed by atoms with Crippen molar-refractivity contribution in [3.8, 4) is 0 Å². The van der Waals surface area contributed by atoms with E-state index in [0.717, 1.165) is 19.3 Å². The molecule has 3 unspecified atom stereocenters. The first kappa shape index (κ1) is 16.3. The molecule has 1 fully saturated rings. The van der Waals surface area contributed by atoms with Gasteiger partial charge in [-0.1, -0.05) is 39.5 Å². The van der Waals surface area contributed by atoms with E-state index >= 15 is 0 Å². The van der Waals surface area contributed by atoms with Crippen LogP contribution in [0, 0.1) is 11.8 Å². The minimum absolute atomic E-state index is 0.0203. The highest BCUT2D eigenvalue weighted by molar-refractivity contribution is 8.13. The van der Waals surface area contributed by atoms with Crippen molar-refractivity contribution < 1.29 is 13.2 Å². The topological polar surface area (TPSA) is 43.4 Å². The maximum absolute atomic E-state index is 11.1. The van der Waals surface area contributed by atoms with Gasteiger partial charge in [0.15, 0.2) is 0 Å². The predicted octanol–water partition coefficient (Wildman–Crippen LogP) is 3.57. The van der Waals surface area contributed by atoms with Crippen LogP contribution in [0.5, 0.6) is 0 Å². The van der Waals surface area contributed by atoms with E-state index in [0.29, 0.717) is 18.6 Å². The third-order valence-electron chi connectivity index (χ3n) is 3.92. The largest absolute Gasteiger partial charge is 0.378 e. The van der Waals surface area contributed by atoms with E-state index in [-0.39, 0.29) is 11.7 Å². The third-order valence-corrected chi connectivity index (χ3v) is 5.17. The molecule has 0 radical (unpaired) electrons. The van der Waals surface area contributed by atoms with Gasteiger partial charge >= 0.3 is 0 Å². The molecule has 18 heavy (non-hydrogen) atoms. The number of halogens is 1. The highest BCUT2D eigenvalue weighted by atomic mass is 35.7. The van der Waals surface area contributed by atoms with Crippen molar-refractivity contribution in [3.05, 3.63) is 0 Å². The summed E-state index contributed by atoms with van der Waals surface area (Å²) in [7, 11) is 1.89. The van der Waals surface area contributed by atoms with E-state index in [9.17, 15) is 8.42 Å². The van der Waals surface area contributed by atoms with Gasteiger partial charge in [-0.15, -0.1) is 0 Å². The Hall–Kier alpha value is 0.200. The zero-order valence-electron chi connectivity index (χ0n) is 11.4. The van der Waals surface area contributed by atoms with Gasteiger partial charge in [-0.3, -0.25) is 0 Å². The van der Waals surface area contributed by atoms with Gasteiger partial charge in [-0.05, 0) is 24.7 Å². The fourth-order valence-electron chi connectivity index (χ4n) is 2.69. The van der Waals surface area contributed by atoms with E-state index in [1.54, 1.807) is 0 Å². The Morgan fingerprint density at radius 2 is 1.94 bits per heavy atom. The number of hydrogen-bond donors (Lipinski definition) is 0. The Labute approximate surface area is 116 Å². The molecule has 0 aliphatic heterocycles. The molecule has 0 aromatic carbocycles. The molecule has 0 amide bonds. The first-order valence-electron chi connectivity index (χ1n) is 7.00. The van der Waals surface area contributed by atoms with Crippen LogP contribution in [0.1, 0.15) is 52.4 Å². The van der Waals surface area contributed by atoms with Gasteiger partial charge in [0.25, 0.3) is 0 Å². The van der Waals surface area contributed by atoms with Gasteiger partial charge in [0.05, 0.1) is 18.5 Å². The van der Waals surface area contributed by atoms with Crippen LogP contribution < -0.4 is 0 Å². The molecule has 0 saturated heterocycles. The summed E-state index contributed by atoms with van der Waals surface area (Å²) < 4.78 is 28.1. The van der Waals surface area contributed by atoms with E-state index < -0.39 is 9.05 Å². The smallest absolute Gasteiger partial charge is 0.232 e. The molecule has 0 spiro atoms. The summed E-state index contributed by atoms with van der Waals surface area (Å²) >= 11 is 0. The fourth-order valence-corrected chi connectivity index (χ4v) is 4.11. The summed E-state index contributed by atoms with van der Waals surface area (Å²) in [6.45, 7) is 4.70. The maximum atomic E-state index is 11.1. The van der Waals surface area contributed by atoms with Crippen LogP contribution in [-0.4, -0.2) is 26.9 Å². The average molecular weight is 297 g/mol. The van der Waals surface area contributed by atoms with Gasteiger partial charge in [0.2, 0.25) is 9.05 Å². The Kier molecular flexibility index (Phi) is 6.96. The quantitative estimate of drug-likeness (QED) is 0.675. The predicted molar refractivity (Wildman–Crippen MR) is 75.4 cm³/mol. The molecule has 0 heterocycles. The van der Waals surface area contributed by atoms with Crippen molar-refractivity contribution >= 4 is 19.7 Å². The van der Waals surface area contributed by atoms with Gasteiger partial charge in [-0.2, -0.15) is 0 Å². The summed E-state index contributed by atoms with van der Waals surface area (Å²) in [5.41, 5.74) is 0. The van der Waals surface area contributed by atoms with Gasteiger partial charge in [0.1, 0.15) is 0 Å². The average Bonchev–Trinajstić information content (AvgIpc) is 2.33. The molecule has 0 N–H and O–H groups in total. The molecule has 1 rings (SSSR count). The molecule has 0 aromatic rings. The standard InChI is InChI=1S/C13H25ClO3S/c1-3-11(10-18(14,15)16)9-17-13-8-6-5-7-12(13)4-2/h11-13H,3-10H2,1-2H3. The molecule has 5 heteroatoms. The lowest BCUT2D eigenvalue weighted by molar-refractivity contribution is -0.0256. The minimum Gasteiger partial charge on any atom is -0.378 e. The molecule has 3 nitrogen and oxygen atoms in total. The SMILES string of the molecule is CCC(COC1CCCCC1CC)CS(=O)(=O)Cl. The molecule has 108 valence electrons. The van der Waals surface area contributed by atoms with Crippen LogP contribution in [0.15, 0.2) is 0 Å².